The average Bonchev–Trinajstić information content (AvgIpc) is 3.30. The minimum atomic E-state index is -1.20. The zero-order chi connectivity index (χ0) is 32.6. The molecular formula is C37H46ClN3O5. The van der Waals surface area contributed by atoms with Gasteiger partial charge in [-0.3, -0.25) is 9.79 Å². The molecule has 2 N–H and O–H groups in total. The number of anilines is 1. The van der Waals surface area contributed by atoms with Crippen molar-refractivity contribution >= 4 is 35.7 Å². The molecule has 0 bridgehead atoms. The van der Waals surface area contributed by atoms with Crippen molar-refractivity contribution in [1.29, 1.82) is 0 Å². The highest BCUT2D eigenvalue weighted by molar-refractivity contribution is 6.17. The monoisotopic (exact) mass is 647 g/mol. The van der Waals surface area contributed by atoms with Crippen LogP contribution < -0.4 is 20.1 Å². The summed E-state index contributed by atoms with van der Waals surface area (Å²) in [5, 5.41) is 6.36. The van der Waals surface area contributed by atoms with Crippen molar-refractivity contribution in [2.45, 2.75) is 91.5 Å². The van der Waals surface area contributed by atoms with Crippen molar-refractivity contribution in [3.63, 3.8) is 0 Å². The van der Waals surface area contributed by atoms with Crippen LogP contribution in [0, 0.1) is 0 Å². The van der Waals surface area contributed by atoms with Gasteiger partial charge in [0, 0.05) is 35.3 Å². The fourth-order valence-electron chi connectivity index (χ4n) is 6.08. The number of hydrogen-bond donors (Lipinski definition) is 2. The predicted octanol–water partition coefficient (Wildman–Crippen LogP) is 7.08. The Bertz CT molecular complexity index is 1650. The molecular weight excluding hydrogens is 602 g/mol. The molecule has 0 saturated carbocycles. The molecule has 0 unspecified atom stereocenters. The first kappa shape index (κ1) is 34.8. The van der Waals surface area contributed by atoms with E-state index >= 15 is 0 Å². The molecule has 0 fully saturated rings. The number of carbonyl (C=O) groups excluding carboxylic acids is 2. The summed E-state index contributed by atoms with van der Waals surface area (Å²) in [6.45, 7) is 16.8. The highest BCUT2D eigenvalue weighted by Gasteiger charge is 2.40. The summed E-state index contributed by atoms with van der Waals surface area (Å²) in [6.07, 6.45) is 1.50. The number of rotatable bonds is 10. The summed E-state index contributed by atoms with van der Waals surface area (Å²) in [6, 6.07) is 17.9. The fourth-order valence-corrected chi connectivity index (χ4v) is 6.08. The quantitative estimate of drug-likeness (QED) is 0.228. The van der Waals surface area contributed by atoms with Crippen LogP contribution in [0.2, 0.25) is 0 Å². The van der Waals surface area contributed by atoms with Gasteiger partial charge in [-0.25, -0.2) is 4.79 Å². The first-order chi connectivity index (χ1) is 21.2. The number of fused-ring (bicyclic) bond motifs is 3. The van der Waals surface area contributed by atoms with Crippen molar-refractivity contribution < 1.29 is 23.8 Å². The molecule has 1 amide bonds. The second kappa shape index (κ2) is 13.4. The maximum absolute atomic E-state index is 13.7. The molecule has 2 aliphatic heterocycles. The summed E-state index contributed by atoms with van der Waals surface area (Å²) in [5.41, 5.74) is 5.30. The van der Waals surface area contributed by atoms with Crippen molar-refractivity contribution in [1.82, 2.24) is 5.32 Å². The Balaban J connectivity index is 0.00000480. The van der Waals surface area contributed by atoms with Gasteiger partial charge in [0.05, 0.1) is 30.0 Å². The Labute approximate surface area is 278 Å². The number of nitrogens with zero attached hydrogens (tertiary/aromatic N) is 1. The number of nitrogens with one attached hydrogen (secondary N) is 2. The molecule has 2 heterocycles. The van der Waals surface area contributed by atoms with E-state index in [9.17, 15) is 9.59 Å². The van der Waals surface area contributed by atoms with E-state index in [0.717, 1.165) is 52.3 Å². The first-order valence-electron chi connectivity index (χ1n) is 15.8. The maximum Gasteiger partial charge on any atom is 0.331 e. The zero-order valence-electron chi connectivity index (χ0n) is 28.1. The van der Waals surface area contributed by atoms with Crippen LogP contribution in [0.4, 0.5) is 5.69 Å². The standard InChI is InChI=1S/C37H45N3O5.ClH/c1-9-43-29-19-25-20-35(3,4)39-31(30(25)27-21-36(5,6)45-32(27)29)24-16-17-26(33(41)40-37(7,8)34(42)44-10-2)28(18-24)38-22-23-14-12-11-13-15-23;/h11-19,38H,9-10,20-22H2,1-8H3,(H,40,41);1H. The van der Waals surface area contributed by atoms with E-state index in [4.69, 9.17) is 19.2 Å². The summed E-state index contributed by atoms with van der Waals surface area (Å²) >= 11 is 0. The van der Waals surface area contributed by atoms with Gasteiger partial charge in [-0.05, 0) is 91.1 Å². The topological polar surface area (TPSA) is 98.2 Å². The van der Waals surface area contributed by atoms with Crippen molar-refractivity contribution in [3.05, 3.63) is 88.0 Å². The number of hydrogen-bond acceptors (Lipinski definition) is 7. The second-order valence-electron chi connectivity index (χ2n) is 13.5. The number of benzene rings is 3. The highest BCUT2D eigenvalue weighted by Crippen LogP contribution is 2.48. The molecule has 0 radical (unpaired) electrons. The second-order valence-corrected chi connectivity index (χ2v) is 13.5. The van der Waals surface area contributed by atoms with Crippen LogP contribution in [0.1, 0.15) is 93.6 Å². The lowest BCUT2D eigenvalue weighted by Gasteiger charge is -2.31. The summed E-state index contributed by atoms with van der Waals surface area (Å²) < 4.78 is 17.7. The lowest BCUT2D eigenvalue weighted by molar-refractivity contribution is -0.149. The van der Waals surface area contributed by atoms with Gasteiger partial charge < -0.3 is 24.8 Å². The number of amides is 1. The van der Waals surface area contributed by atoms with Gasteiger partial charge in [-0.2, -0.15) is 0 Å². The molecule has 3 aromatic carbocycles. The molecule has 0 atom stereocenters. The van der Waals surface area contributed by atoms with E-state index in [2.05, 4.69) is 44.4 Å². The molecule has 0 saturated heterocycles. The van der Waals surface area contributed by atoms with Gasteiger partial charge in [0.25, 0.3) is 5.91 Å². The van der Waals surface area contributed by atoms with E-state index in [-0.39, 0.29) is 36.1 Å². The smallest absolute Gasteiger partial charge is 0.331 e. The van der Waals surface area contributed by atoms with Crippen molar-refractivity contribution in [2.24, 2.45) is 4.99 Å². The number of halogens is 1. The molecule has 0 aromatic heterocycles. The zero-order valence-corrected chi connectivity index (χ0v) is 28.9. The van der Waals surface area contributed by atoms with Crippen LogP contribution in [0.5, 0.6) is 11.5 Å². The van der Waals surface area contributed by atoms with Crippen LogP contribution >= 0.6 is 12.4 Å². The predicted molar refractivity (Wildman–Crippen MR) is 185 cm³/mol. The molecule has 5 rings (SSSR count). The fraction of sp³-hybridized carbons (Fsp3) is 0.432. The minimum absolute atomic E-state index is 0. The Morgan fingerprint density at radius 2 is 1.70 bits per heavy atom. The Kier molecular flexibility index (Phi) is 10.1. The number of carbonyl (C=O) groups is 2. The van der Waals surface area contributed by atoms with Crippen LogP contribution in [-0.2, 0) is 28.9 Å². The number of aliphatic imine (C=N–C) groups is 1. The van der Waals surface area contributed by atoms with Gasteiger partial charge >= 0.3 is 5.97 Å². The highest BCUT2D eigenvalue weighted by atomic mass is 35.5. The third kappa shape index (κ3) is 7.33. The summed E-state index contributed by atoms with van der Waals surface area (Å²) in [4.78, 5) is 31.6. The number of ether oxygens (including phenoxy) is 3. The lowest BCUT2D eigenvalue weighted by atomic mass is 9.80. The van der Waals surface area contributed by atoms with Gasteiger partial charge in [0.2, 0.25) is 0 Å². The Morgan fingerprint density at radius 3 is 2.37 bits per heavy atom. The molecule has 2 aliphatic rings. The van der Waals surface area contributed by atoms with E-state index in [1.807, 2.05) is 49.4 Å². The van der Waals surface area contributed by atoms with E-state index < -0.39 is 11.5 Å². The molecule has 0 spiro atoms. The Hall–Kier alpha value is -4.04. The van der Waals surface area contributed by atoms with E-state index in [1.165, 1.54) is 5.56 Å². The third-order valence-corrected chi connectivity index (χ3v) is 8.06. The molecule has 9 heteroatoms. The third-order valence-electron chi connectivity index (χ3n) is 8.06. The summed E-state index contributed by atoms with van der Waals surface area (Å²) in [5.74, 6) is 0.691. The van der Waals surface area contributed by atoms with Gasteiger partial charge in [-0.1, -0.05) is 36.4 Å². The average molecular weight is 648 g/mol. The van der Waals surface area contributed by atoms with Crippen LogP contribution in [-0.4, -0.2) is 47.5 Å². The summed E-state index contributed by atoms with van der Waals surface area (Å²) in [7, 11) is 0. The van der Waals surface area contributed by atoms with Crippen LogP contribution in [0.15, 0.2) is 59.6 Å². The van der Waals surface area contributed by atoms with Gasteiger partial charge in [0.15, 0.2) is 11.5 Å². The molecule has 246 valence electrons. The van der Waals surface area contributed by atoms with Crippen LogP contribution in [0.3, 0.4) is 0 Å². The van der Waals surface area contributed by atoms with Gasteiger partial charge in [0.1, 0.15) is 11.1 Å². The maximum atomic E-state index is 13.7. The first-order valence-corrected chi connectivity index (χ1v) is 15.8. The largest absolute Gasteiger partial charge is 0.490 e. The van der Waals surface area contributed by atoms with Gasteiger partial charge in [-0.15, -0.1) is 12.4 Å². The molecule has 8 nitrogen and oxygen atoms in total. The SMILES string of the molecule is CCOC(=O)C(C)(C)NC(=O)c1ccc(C2=NC(C)(C)Cc3cc(OCC)c4c(c32)CC(C)(C)O4)cc1NCc1ccccc1.Cl. The van der Waals surface area contributed by atoms with E-state index in [0.29, 0.717) is 24.4 Å². The molecule has 3 aromatic rings. The molecule has 0 aliphatic carbocycles. The van der Waals surface area contributed by atoms with Crippen molar-refractivity contribution in [3.8, 4) is 11.5 Å². The van der Waals surface area contributed by atoms with Crippen LogP contribution in [0.25, 0.3) is 0 Å². The minimum Gasteiger partial charge on any atom is -0.490 e. The normalized spacial score (nSPS) is 15.7. The van der Waals surface area contributed by atoms with Crippen molar-refractivity contribution in [2.75, 3.05) is 18.5 Å². The van der Waals surface area contributed by atoms with E-state index in [1.54, 1.807) is 26.8 Å². The lowest BCUT2D eigenvalue weighted by Crippen LogP contribution is -2.50. The Morgan fingerprint density at radius 1 is 0.978 bits per heavy atom. The molecule has 46 heavy (non-hydrogen) atoms. The number of esters is 1.